The lowest BCUT2D eigenvalue weighted by atomic mass is 10.2. The smallest absolute Gasteiger partial charge is 0.293 e. The van der Waals surface area contributed by atoms with E-state index in [-0.39, 0.29) is 11.5 Å². The molecule has 4 nitrogen and oxygen atoms in total. The monoisotopic (exact) mass is 210 g/mol. The van der Waals surface area contributed by atoms with Crippen LogP contribution < -0.4 is 11.3 Å². The van der Waals surface area contributed by atoms with Crippen molar-refractivity contribution in [1.82, 2.24) is 5.43 Å². The fraction of sp³-hybridized carbons (Fsp3) is 0.111. The Morgan fingerprint density at radius 3 is 2.50 bits per heavy atom. The molecule has 0 fully saturated rings. The van der Waals surface area contributed by atoms with Gasteiger partial charge in [-0.2, -0.15) is 0 Å². The fourth-order valence-corrected chi connectivity index (χ4v) is 1.39. The number of rotatable bonds is 3. The molecule has 0 unspecified atom stereocenters. The van der Waals surface area contributed by atoms with Crippen LogP contribution >= 0.6 is 11.8 Å². The maximum atomic E-state index is 11.4. The van der Waals surface area contributed by atoms with Gasteiger partial charge < -0.3 is 0 Å². The number of thioether (sulfide) groups is 1. The van der Waals surface area contributed by atoms with Crippen molar-refractivity contribution in [1.29, 1.82) is 0 Å². The Morgan fingerprint density at radius 1 is 1.29 bits per heavy atom. The molecular weight excluding hydrogens is 200 g/mol. The Labute approximate surface area is 85.8 Å². The van der Waals surface area contributed by atoms with Gasteiger partial charge >= 0.3 is 0 Å². The van der Waals surface area contributed by atoms with Crippen molar-refractivity contribution in [2.45, 2.75) is 0 Å². The van der Waals surface area contributed by atoms with Crippen LogP contribution in [0.15, 0.2) is 30.3 Å². The number of hydrogen-bond donors (Lipinski definition) is 2. The molecule has 0 atom stereocenters. The van der Waals surface area contributed by atoms with Crippen LogP contribution in [0.2, 0.25) is 0 Å². The maximum Gasteiger partial charge on any atom is 0.293 e. The van der Waals surface area contributed by atoms with Gasteiger partial charge in [0, 0.05) is 5.56 Å². The average molecular weight is 210 g/mol. The first kappa shape index (κ1) is 10.7. The van der Waals surface area contributed by atoms with Crippen molar-refractivity contribution in [3.8, 4) is 0 Å². The van der Waals surface area contributed by atoms with Crippen molar-refractivity contribution < 1.29 is 9.59 Å². The summed E-state index contributed by atoms with van der Waals surface area (Å²) in [7, 11) is 0. The van der Waals surface area contributed by atoms with Crippen LogP contribution in [0.5, 0.6) is 0 Å². The minimum atomic E-state index is -0.408. The third-order valence-electron chi connectivity index (χ3n) is 1.55. The summed E-state index contributed by atoms with van der Waals surface area (Å²) in [5, 5.41) is -0.408. The van der Waals surface area contributed by atoms with Crippen LogP contribution in [-0.4, -0.2) is 16.8 Å². The molecule has 1 amide bonds. The van der Waals surface area contributed by atoms with E-state index in [1.54, 1.807) is 24.3 Å². The van der Waals surface area contributed by atoms with Crippen molar-refractivity contribution in [2.24, 2.45) is 5.84 Å². The zero-order valence-electron chi connectivity index (χ0n) is 7.40. The molecule has 0 aromatic heterocycles. The summed E-state index contributed by atoms with van der Waals surface area (Å²) < 4.78 is 0. The highest BCUT2D eigenvalue weighted by atomic mass is 32.2. The SMILES string of the molecule is NNC(=O)SCC(=O)c1ccccc1. The first-order valence-corrected chi connectivity index (χ1v) is 4.94. The third kappa shape index (κ3) is 3.20. The zero-order valence-corrected chi connectivity index (χ0v) is 8.21. The topological polar surface area (TPSA) is 72.2 Å². The molecule has 0 saturated carbocycles. The van der Waals surface area contributed by atoms with Gasteiger partial charge in [0.2, 0.25) is 0 Å². The van der Waals surface area contributed by atoms with E-state index in [1.165, 1.54) is 0 Å². The molecule has 0 bridgehead atoms. The molecule has 3 N–H and O–H groups in total. The second kappa shape index (κ2) is 5.41. The number of carbonyl (C=O) groups excluding carboxylic acids is 2. The normalized spacial score (nSPS) is 9.50. The Hall–Kier alpha value is -1.33. The molecule has 1 aromatic rings. The van der Waals surface area contributed by atoms with Crippen LogP contribution in [0.3, 0.4) is 0 Å². The van der Waals surface area contributed by atoms with E-state index in [2.05, 4.69) is 0 Å². The molecule has 0 aliphatic carbocycles. The molecule has 1 aromatic carbocycles. The average Bonchev–Trinajstić information content (AvgIpc) is 2.26. The molecule has 0 aliphatic rings. The van der Waals surface area contributed by atoms with E-state index >= 15 is 0 Å². The highest BCUT2D eigenvalue weighted by Gasteiger charge is 2.07. The number of amides is 1. The van der Waals surface area contributed by atoms with Gasteiger partial charge in [-0.1, -0.05) is 42.1 Å². The van der Waals surface area contributed by atoms with Crippen LogP contribution in [0, 0.1) is 0 Å². The second-order valence-corrected chi connectivity index (χ2v) is 3.46. The van der Waals surface area contributed by atoms with E-state index in [0.29, 0.717) is 5.56 Å². The zero-order chi connectivity index (χ0) is 10.4. The predicted molar refractivity (Wildman–Crippen MR) is 55.9 cm³/mol. The lowest BCUT2D eigenvalue weighted by molar-refractivity contribution is 0.102. The van der Waals surface area contributed by atoms with Gasteiger partial charge in [0.1, 0.15) is 0 Å². The minimum absolute atomic E-state index is 0.0841. The lowest BCUT2D eigenvalue weighted by Crippen LogP contribution is -2.26. The van der Waals surface area contributed by atoms with Gasteiger partial charge in [-0.15, -0.1) is 0 Å². The van der Waals surface area contributed by atoms with E-state index in [0.717, 1.165) is 11.8 Å². The van der Waals surface area contributed by atoms with Crippen molar-refractivity contribution in [2.75, 3.05) is 5.75 Å². The standard InChI is InChI=1S/C9H10N2O2S/c10-11-9(13)14-6-8(12)7-4-2-1-3-5-7/h1-5H,6,10H2,(H,11,13). The molecule has 1 rings (SSSR count). The molecular formula is C9H10N2O2S. The Balaban J connectivity index is 2.48. The molecule has 0 heterocycles. The van der Waals surface area contributed by atoms with Crippen LogP contribution in [0.25, 0.3) is 0 Å². The number of hydrazine groups is 1. The molecule has 14 heavy (non-hydrogen) atoms. The molecule has 74 valence electrons. The number of hydrogen-bond acceptors (Lipinski definition) is 4. The van der Waals surface area contributed by atoms with Gasteiger partial charge in [0.05, 0.1) is 5.75 Å². The third-order valence-corrected chi connectivity index (χ3v) is 2.33. The van der Waals surface area contributed by atoms with Gasteiger partial charge in [-0.25, -0.2) is 5.84 Å². The first-order chi connectivity index (χ1) is 6.74. The first-order valence-electron chi connectivity index (χ1n) is 3.95. The summed E-state index contributed by atoms with van der Waals surface area (Å²) in [6.07, 6.45) is 0. The molecule has 0 radical (unpaired) electrons. The summed E-state index contributed by atoms with van der Waals surface area (Å²) in [4.78, 5) is 22.1. The highest BCUT2D eigenvalue weighted by molar-refractivity contribution is 8.14. The summed E-state index contributed by atoms with van der Waals surface area (Å²) in [5.41, 5.74) is 2.55. The van der Waals surface area contributed by atoms with Gasteiger partial charge in [-0.3, -0.25) is 15.0 Å². The van der Waals surface area contributed by atoms with Crippen LogP contribution in [0.1, 0.15) is 10.4 Å². The minimum Gasteiger partial charge on any atom is -0.293 e. The Bertz CT molecular complexity index is 327. The number of Topliss-reactive ketones (excluding diaryl/α,β-unsaturated/α-hetero) is 1. The quantitative estimate of drug-likeness (QED) is 0.340. The van der Waals surface area contributed by atoms with E-state index in [1.807, 2.05) is 11.5 Å². The molecule has 0 saturated heterocycles. The van der Waals surface area contributed by atoms with E-state index < -0.39 is 5.24 Å². The number of nitrogens with one attached hydrogen (secondary N) is 1. The van der Waals surface area contributed by atoms with Crippen molar-refractivity contribution >= 4 is 22.8 Å². The summed E-state index contributed by atoms with van der Waals surface area (Å²) in [5.74, 6) is 4.89. The summed E-state index contributed by atoms with van der Waals surface area (Å²) >= 11 is 0.855. The molecule has 5 heteroatoms. The van der Waals surface area contributed by atoms with E-state index in [4.69, 9.17) is 5.84 Å². The van der Waals surface area contributed by atoms with Crippen molar-refractivity contribution in [3.63, 3.8) is 0 Å². The van der Waals surface area contributed by atoms with Crippen LogP contribution in [-0.2, 0) is 0 Å². The largest absolute Gasteiger partial charge is 0.293 e. The number of nitrogens with two attached hydrogens (primary N) is 1. The van der Waals surface area contributed by atoms with E-state index in [9.17, 15) is 9.59 Å². The predicted octanol–water partition coefficient (Wildman–Crippen LogP) is 1.19. The summed E-state index contributed by atoms with van der Waals surface area (Å²) in [6.45, 7) is 0. The highest BCUT2D eigenvalue weighted by Crippen LogP contribution is 2.07. The Morgan fingerprint density at radius 2 is 1.93 bits per heavy atom. The maximum absolute atomic E-state index is 11.4. The number of carbonyl (C=O) groups is 2. The summed E-state index contributed by atoms with van der Waals surface area (Å²) in [6, 6.07) is 8.81. The van der Waals surface area contributed by atoms with Gasteiger partial charge in [-0.05, 0) is 0 Å². The number of ketones is 1. The Kier molecular flexibility index (Phi) is 4.15. The molecule has 0 spiro atoms. The lowest BCUT2D eigenvalue weighted by Gasteiger charge is -1.99. The van der Waals surface area contributed by atoms with Crippen LogP contribution in [0.4, 0.5) is 4.79 Å². The fourth-order valence-electron chi connectivity index (χ4n) is 0.880. The van der Waals surface area contributed by atoms with Gasteiger partial charge in [0.15, 0.2) is 5.78 Å². The molecule has 0 aliphatic heterocycles. The van der Waals surface area contributed by atoms with Gasteiger partial charge in [0.25, 0.3) is 5.24 Å². The number of benzene rings is 1. The van der Waals surface area contributed by atoms with Crippen molar-refractivity contribution in [3.05, 3.63) is 35.9 Å². The second-order valence-electron chi connectivity index (χ2n) is 2.51.